The lowest BCUT2D eigenvalue weighted by atomic mass is 10.1. The SMILES string of the molecule is Cn1cc(CCN2CCCNC(C3CC3)C2)cn1. The fourth-order valence-electron chi connectivity index (χ4n) is 2.93. The maximum Gasteiger partial charge on any atom is 0.0522 e. The van der Waals surface area contributed by atoms with Gasteiger partial charge in [-0.25, -0.2) is 0 Å². The summed E-state index contributed by atoms with van der Waals surface area (Å²) in [5, 5.41) is 7.96. The molecule has 3 rings (SSSR count). The van der Waals surface area contributed by atoms with Crippen LogP contribution in [0.4, 0.5) is 0 Å². The van der Waals surface area contributed by atoms with Gasteiger partial charge >= 0.3 is 0 Å². The third-order valence-corrected chi connectivity index (χ3v) is 4.18. The van der Waals surface area contributed by atoms with E-state index < -0.39 is 0 Å². The molecule has 2 aliphatic rings. The average Bonchev–Trinajstić information content (AvgIpc) is 3.14. The molecule has 1 aliphatic carbocycles. The van der Waals surface area contributed by atoms with Gasteiger partial charge in [0.05, 0.1) is 6.20 Å². The number of nitrogens with zero attached hydrogens (tertiary/aromatic N) is 3. The lowest BCUT2D eigenvalue weighted by Crippen LogP contribution is -2.39. The van der Waals surface area contributed by atoms with Crippen LogP contribution in [0.5, 0.6) is 0 Å². The first-order chi connectivity index (χ1) is 8.81. The fourth-order valence-corrected chi connectivity index (χ4v) is 2.93. The minimum Gasteiger partial charge on any atom is -0.312 e. The van der Waals surface area contributed by atoms with Gasteiger partial charge < -0.3 is 10.2 Å². The highest BCUT2D eigenvalue weighted by atomic mass is 15.2. The molecule has 1 atom stereocenters. The second-order valence-electron chi connectivity index (χ2n) is 5.82. The van der Waals surface area contributed by atoms with Crippen LogP contribution in [0.15, 0.2) is 12.4 Å². The molecule has 1 unspecified atom stereocenters. The molecule has 1 aromatic heterocycles. The highest BCUT2D eigenvalue weighted by Crippen LogP contribution is 2.33. The lowest BCUT2D eigenvalue weighted by Gasteiger charge is -2.24. The molecule has 0 aromatic carbocycles. The minimum absolute atomic E-state index is 0.751. The van der Waals surface area contributed by atoms with E-state index in [0.717, 1.165) is 18.4 Å². The first-order valence-electron chi connectivity index (χ1n) is 7.24. The Hall–Kier alpha value is -0.870. The second kappa shape index (κ2) is 5.41. The van der Waals surface area contributed by atoms with Gasteiger partial charge in [-0.05, 0) is 50.3 Å². The number of hydrogen-bond donors (Lipinski definition) is 1. The van der Waals surface area contributed by atoms with Crippen molar-refractivity contribution in [1.29, 1.82) is 0 Å². The number of aryl methyl sites for hydroxylation is 1. The normalized spacial score (nSPS) is 26.2. The van der Waals surface area contributed by atoms with Gasteiger partial charge in [0.1, 0.15) is 0 Å². The van der Waals surface area contributed by atoms with Crippen LogP contribution in [-0.4, -0.2) is 46.9 Å². The molecule has 1 aromatic rings. The Morgan fingerprint density at radius 2 is 2.33 bits per heavy atom. The predicted molar refractivity (Wildman–Crippen MR) is 72.5 cm³/mol. The predicted octanol–water partition coefficient (Wildman–Crippen LogP) is 1.04. The van der Waals surface area contributed by atoms with Gasteiger partial charge in [-0.3, -0.25) is 4.68 Å². The Kier molecular flexibility index (Phi) is 3.66. The van der Waals surface area contributed by atoms with Crippen molar-refractivity contribution in [2.75, 3.05) is 26.2 Å². The van der Waals surface area contributed by atoms with Crippen LogP contribution in [0.3, 0.4) is 0 Å². The maximum absolute atomic E-state index is 4.24. The van der Waals surface area contributed by atoms with Crippen molar-refractivity contribution < 1.29 is 0 Å². The number of hydrogen-bond acceptors (Lipinski definition) is 3. The molecule has 100 valence electrons. The van der Waals surface area contributed by atoms with Gasteiger partial charge in [0, 0.05) is 32.4 Å². The van der Waals surface area contributed by atoms with Gasteiger partial charge in [-0.15, -0.1) is 0 Å². The Morgan fingerprint density at radius 3 is 3.06 bits per heavy atom. The molecule has 18 heavy (non-hydrogen) atoms. The summed E-state index contributed by atoms with van der Waals surface area (Å²) in [5.41, 5.74) is 1.36. The minimum atomic E-state index is 0.751. The van der Waals surface area contributed by atoms with Crippen molar-refractivity contribution in [2.45, 2.75) is 31.7 Å². The van der Waals surface area contributed by atoms with Crippen molar-refractivity contribution >= 4 is 0 Å². The zero-order valence-corrected chi connectivity index (χ0v) is 11.3. The van der Waals surface area contributed by atoms with Crippen LogP contribution in [-0.2, 0) is 13.5 Å². The Labute approximate surface area is 109 Å². The molecule has 1 saturated heterocycles. The van der Waals surface area contributed by atoms with E-state index in [1.54, 1.807) is 0 Å². The van der Waals surface area contributed by atoms with E-state index in [0.29, 0.717) is 0 Å². The van der Waals surface area contributed by atoms with Gasteiger partial charge in [0.25, 0.3) is 0 Å². The maximum atomic E-state index is 4.24. The first kappa shape index (κ1) is 12.2. The van der Waals surface area contributed by atoms with Gasteiger partial charge in [-0.1, -0.05) is 0 Å². The summed E-state index contributed by atoms with van der Waals surface area (Å²) < 4.78 is 1.90. The Morgan fingerprint density at radius 1 is 1.44 bits per heavy atom. The van der Waals surface area contributed by atoms with Crippen molar-refractivity contribution in [3.63, 3.8) is 0 Å². The van der Waals surface area contributed by atoms with E-state index in [2.05, 4.69) is 21.5 Å². The summed E-state index contributed by atoms with van der Waals surface area (Å²) in [6, 6.07) is 0.751. The van der Waals surface area contributed by atoms with Gasteiger partial charge in [0.15, 0.2) is 0 Å². The van der Waals surface area contributed by atoms with Crippen molar-refractivity contribution in [1.82, 2.24) is 20.0 Å². The third kappa shape index (κ3) is 3.12. The molecule has 2 fully saturated rings. The summed E-state index contributed by atoms with van der Waals surface area (Å²) in [4.78, 5) is 2.63. The van der Waals surface area contributed by atoms with E-state index in [4.69, 9.17) is 0 Å². The molecule has 0 amide bonds. The molecule has 1 N–H and O–H groups in total. The zero-order chi connectivity index (χ0) is 12.4. The van der Waals surface area contributed by atoms with E-state index in [1.807, 2.05) is 17.9 Å². The smallest absolute Gasteiger partial charge is 0.0522 e. The molecule has 1 saturated carbocycles. The summed E-state index contributed by atoms with van der Waals surface area (Å²) in [6.07, 6.45) is 9.42. The van der Waals surface area contributed by atoms with Crippen LogP contribution >= 0.6 is 0 Å². The summed E-state index contributed by atoms with van der Waals surface area (Å²) in [5.74, 6) is 0.962. The lowest BCUT2D eigenvalue weighted by molar-refractivity contribution is 0.261. The summed E-state index contributed by atoms with van der Waals surface area (Å²) >= 11 is 0. The van der Waals surface area contributed by atoms with Crippen LogP contribution < -0.4 is 5.32 Å². The van der Waals surface area contributed by atoms with E-state index in [1.165, 1.54) is 51.0 Å². The van der Waals surface area contributed by atoms with E-state index >= 15 is 0 Å². The first-order valence-corrected chi connectivity index (χ1v) is 7.24. The number of nitrogens with one attached hydrogen (secondary N) is 1. The molecule has 1 aliphatic heterocycles. The average molecular weight is 248 g/mol. The monoisotopic (exact) mass is 248 g/mol. The topological polar surface area (TPSA) is 33.1 Å². The zero-order valence-electron chi connectivity index (χ0n) is 11.3. The highest BCUT2D eigenvalue weighted by molar-refractivity contribution is 5.04. The molecule has 0 spiro atoms. The highest BCUT2D eigenvalue weighted by Gasteiger charge is 2.32. The fraction of sp³-hybridized carbons (Fsp3) is 0.786. The van der Waals surface area contributed by atoms with Crippen LogP contribution in [0.2, 0.25) is 0 Å². The molecule has 4 heteroatoms. The van der Waals surface area contributed by atoms with E-state index in [-0.39, 0.29) is 0 Å². The van der Waals surface area contributed by atoms with Crippen LogP contribution in [0, 0.1) is 5.92 Å². The number of aromatic nitrogens is 2. The largest absolute Gasteiger partial charge is 0.312 e. The standard InChI is InChI=1S/C14H24N4/c1-17-10-12(9-16-17)5-8-18-7-2-6-15-14(11-18)13-3-4-13/h9-10,13-15H,2-8,11H2,1H3. The molecule has 0 radical (unpaired) electrons. The quantitative estimate of drug-likeness (QED) is 0.864. The Balaban J connectivity index is 1.51. The molecule has 0 bridgehead atoms. The molecular formula is C14H24N4. The number of rotatable bonds is 4. The van der Waals surface area contributed by atoms with Crippen LogP contribution in [0.1, 0.15) is 24.8 Å². The van der Waals surface area contributed by atoms with Crippen molar-refractivity contribution in [3.05, 3.63) is 18.0 Å². The van der Waals surface area contributed by atoms with Crippen LogP contribution in [0.25, 0.3) is 0 Å². The molecule has 2 heterocycles. The molecular weight excluding hydrogens is 224 g/mol. The van der Waals surface area contributed by atoms with Crippen molar-refractivity contribution in [3.8, 4) is 0 Å². The summed E-state index contributed by atoms with van der Waals surface area (Å²) in [6.45, 7) is 4.86. The summed E-state index contributed by atoms with van der Waals surface area (Å²) in [7, 11) is 1.99. The van der Waals surface area contributed by atoms with Gasteiger partial charge in [-0.2, -0.15) is 5.10 Å². The third-order valence-electron chi connectivity index (χ3n) is 4.18. The molecule has 4 nitrogen and oxygen atoms in total. The van der Waals surface area contributed by atoms with Crippen molar-refractivity contribution in [2.24, 2.45) is 13.0 Å². The van der Waals surface area contributed by atoms with E-state index in [9.17, 15) is 0 Å². The Bertz CT molecular complexity index is 383. The second-order valence-corrected chi connectivity index (χ2v) is 5.82. The van der Waals surface area contributed by atoms with Gasteiger partial charge in [0.2, 0.25) is 0 Å².